The second kappa shape index (κ2) is 10.4. The van der Waals surface area contributed by atoms with E-state index >= 15 is 0 Å². The molecule has 0 aromatic heterocycles. The van der Waals surface area contributed by atoms with Crippen LogP contribution in [0.4, 0.5) is 5.69 Å². The number of benzene rings is 2. The van der Waals surface area contributed by atoms with Gasteiger partial charge in [-0.2, -0.15) is 5.10 Å². The molecule has 1 fully saturated rings. The summed E-state index contributed by atoms with van der Waals surface area (Å²) in [6, 6.07) is 16.6. The topological polar surface area (TPSA) is 79.8 Å². The molecule has 0 spiro atoms. The lowest BCUT2D eigenvalue weighted by Gasteiger charge is -2.20. The van der Waals surface area contributed by atoms with Crippen LogP contribution in [-0.2, 0) is 9.59 Å². The number of hydrogen-bond acceptors (Lipinski definition) is 4. The van der Waals surface area contributed by atoms with Gasteiger partial charge in [-0.25, -0.2) is 5.43 Å². The maximum atomic E-state index is 12.3. The Kier molecular flexibility index (Phi) is 7.39. The van der Waals surface area contributed by atoms with Gasteiger partial charge in [0.05, 0.1) is 5.71 Å². The molecule has 2 N–H and O–H groups in total. The maximum absolute atomic E-state index is 12.3. The average molecular weight is 393 g/mol. The molecule has 3 rings (SSSR count). The van der Waals surface area contributed by atoms with Crippen LogP contribution in [0, 0.1) is 5.92 Å². The Morgan fingerprint density at radius 3 is 2.38 bits per heavy atom. The number of hydrazone groups is 1. The van der Waals surface area contributed by atoms with Gasteiger partial charge < -0.3 is 10.1 Å². The third kappa shape index (κ3) is 6.45. The van der Waals surface area contributed by atoms with Crippen molar-refractivity contribution in [1.29, 1.82) is 0 Å². The minimum absolute atomic E-state index is 0.104. The lowest BCUT2D eigenvalue weighted by Crippen LogP contribution is -2.25. The van der Waals surface area contributed by atoms with Crippen molar-refractivity contribution < 1.29 is 14.3 Å². The molecular formula is C23H27N3O3. The van der Waals surface area contributed by atoms with Crippen molar-refractivity contribution in [3.05, 3.63) is 60.2 Å². The van der Waals surface area contributed by atoms with E-state index in [0.29, 0.717) is 11.5 Å². The first-order valence-electron chi connectivity index (χ1n) is 10.0. The van der Waals surface area contributed by atoms with Crippen molar-refractivity contribution in [3.8, 4) is 5.75 Å². The zero-order valence-electron chi connectivity index (χ0n) is 16.7. The first-order valence-corrected chi connectivity index (χ1v) is 10.0. The van der Waals surface area contributed by atoms with Gasteiger partial charge in [-0.15, -0.1) is 0 Å². The number of carbonyl (C=O) groups excluding carboxylic acids is 2. The molecule has 0 bridgehead atoms. The Morgan fingerprint density at radius 1 is 1.00 bits per heavy atom. The highest BCUT2D eigenvalue weighted by atomic mass is 16.5. The van der Waals surface area contributed by atoms with Crippen LogP contribution in [0.2, 0.25) is 0 Å². The quantitative estimate of drug-likeness (QED) is 0.548. The monoisotopic (exact) mass is 393 g/mol. The third-order valence-electron chi connectivity index (χ3n) is 5.01. The highest BCUT2D eigenvalue weighted by Gasteiger charge is 2.20. The first kappa shape index (κ1) is 20.6. The van der Waals surface area contributed by atoms with E-state index < -0.39 is 0 Å². The fourth-order valence-electron chi connectivity index (χ4n) is 3.31. The van der Waals surface area contributed by atoms with E-state index in [1.165, 1.54) is 6.42 Å². The Labute approximate surface area is 171 Å². The minimum atomic E-state index is -0.329. The predicted octanol–water partition coefficient (Wildman–Crippen LogP) is 4.12. The maximum Gasteiger partial charge on any atom is 0.277 e. The number of rotatable bonds is 7. The van der Waals surface area contributed by atoms with Gasteiger partial charge in [0, 0.05) is 11.6 Å². The zero-order valence-corrected chi connectivity index (χ0v) is 16.7. The van der Waals surface area contributed by atoms with Crippen LogP contribution in [0.3, 0.4) is 0 Å². The second-order valence-corrected chi connectivity index (χ2v) is 7.24. The summed E-state index contributed by atoms with van der Waals surface area (Å²) in [6.07, 6.45) is 5.45. The molecule has 0 radical (unpaired) electrons. The Hall–Kier alpha value is -3.15. The van der Waals surface area contributed by atoms with Crippen LogP contribution in [0.1, 0.15) is 44.6 Å². The van der Waals surface area contributed by atoms with E-state index in [1.54, 1.807) is 12.1 Å². The van der Waals surface area contributed by atoms with Gasteiger partial charge in [-0.05, 0) is 49.6 Å². The van der Waals surface area contributed by atoms with Crippen molar-refractivity contribution in [3.63, 3.8) is 0 Å². The lowest BCUT2D eigenvalue weighted by atomic mass is 9.88. The van der Waals surface area contributed by atoms with Crippen LogP contribution >= 0.6 is 0 Å². The van der Waals surface area contributed by atoms with E-state index in [9.17, 15) is 9.59 Å². The van der Waals surface area contributed by atoms with Crippen molar-refractivity contribution in [2.75, 3.05) is 11.9 Å². The molecule has 2 aromatic carbocycles. The first-order chi connectivity index (χ1) is 14.1. The van der Waals surface area contributed by atoms with E-state index in [0.717, 1.165) is 36.9 Å². The van der Waals surface area contributed by atoms with E-state index in [1.807, 2.05) is 49.4 Å². The molecule has 152 valence electrons. The summed E-state index contributed by atoms with van der Waals surface area (Å²) in [5.74, 6) is 0.535. The summed E-state index contributed by atoms with van der Waals surface area (Å²) in [7, 11) is 0. The number of hydrogen-bond donors (Lipinski definition) is 2. The normalized spacial score (nSPS) is 14.9. The molecule has 0 saturated heterocycles. The van der Waals surface area contributed by atoms with Crippen LogP contribution in [-0.4, -0.2) is 24.1 Å². The van der Waals surface area contributed by atoms with Crippen molar-refractivity contribution in [2.24, 2.45) is 11.0 Å². The van der Waals surface area contributed by atoms with Gasteiger partial charge in [0.1, 0.15) is 5.75 Å². The van der Waals surface area contributed by atoms with Gasteiger partial charge in [-0.1, -0.05) is 49.6 Å². The molecule has 0 unspecified atom stereocenters. The molecule has 2 amide bonds. The number of carbonyl (C=O) groups is 2. The smallest absolute Gasteiger partial charge is 0.277 e. The van der Waals surface area contributed by atoms with Crippen LogP contribution < -0.4 is 15.5 Å². The molecule has 0 aliphatic heterocycles. The molecule has 1 saturated carbocycles. The van der Waals surface area contributed by atoms with Crippen LogP contribution in [0.25, 0.3) is 0 Å². The molecule has 6 heteroatoms. The number of para-hydroxylation sites is 1. The summed E-state index contributed by atoms with van der Waals surface area (Å²) in [5.41, 5.74) is 4.81. The SMILES string of the molecule is C/C(=N/NC(=O)COc1ccccc1)c1ccc(NC(=O)C2CCCCC2)cc1. The zero-order chi connectivity index (χ0) is 20.5. The number of amides is 2. The van der Waals surface area contributed by atoms with Gasteiger partial charge in [-0.3, -0.25) is 9.59 Å². The molecule has 6 nitrogen and oxygen atoms in total. The van der Waals surface area contributed by atoms with Crippen LogP contribution in [0.15, 0.2) is 59.7 Å². The van der Waals surface area contributed by atoms with E-state index in [2.05, 4.69) is 15.8 Å². The Morgan fingerprint density at radius 2 is 1.69 bits per heavy atom. The molecule has 29 heavy (non-hydrogen) atoms. The van der Waals surface area contributed by atoms with Gasteiger partial charge in [0.25, 0.3) is 5.91 Å². The second-order valence-electron chi connectivity index (χ2n) is 7.24. The molecule has 1 aliphatic carbocycles. The molecule has 2 aromatic rings. The van der Waals surface area contributed by atoms with Gasteiger partial charge >= 0.3 is 0 Å². The minimum Gasteiger partial charge on any atom is -0.484 e. The summed E-state index contributed by atoms with van der Waals surface area (Å²) in [5, 5.41) is 7.12. The van der Waals surface area contributed by atoms with Gasteiger partial charge in [0.2, 0.25) is 5.91 Å². The predicted molar refractivity (Wildman–Crippen MR) is 114 cm³/mol. The molecule has 0 heterocycles. The number of nitrogens with one attached hydrogen (secondary N) is 2. The average Bonchev–Trinajstić information content (AvgIpc) is 2.78. The summed E-state index contributed by atoms with van der Waals surface area (Å²) in [6.45, 7) is 1.71. The number of ether oxygens (including phenoxy) is 1. The standard InChI is InChI=1S/C23H27N3O3/c1-17(25-26-22(27)16-29-21-10-6-3-7-11-21)18-12-14-20(15-13-18)24-23(28)19-8-4-2-5-9-19/h3,6-7,10-15,19H,2,4-5,8-9,16H2,1H3,(H,24,28)(H,26,27)/b25-17-. The fourth-order valence-corrected chi connectivity index (χ4v) is 3.31. The Balaban J connectivity index is 1.48. The highest BCUT2D eigenvalue weighted by Crippen LogP contribution is 2.25. The Bertz CT molecular complexity index is 841. The lowest BCUT2D eigenvalue weighted by molar-refractivity contribution is -0.123. The van der Waals surface area contributed by atoms with Crippen molar-refractivity contribution in [1.82, 2.24) is 5.43 Å². The fraction of sp³-hybridized carbons (Fsp3) is 0.348. The highest BCUT2D eigenvalue weighted by molar-refractivity contribution is 6.00. The number of anilines is 1. The summed E-state index contributed by atoms with van der Waals surface area (Å²) >= 11 is 0. The van der Waals surface area contributed by atoms with E-state index in [-0.39, 0.29) is 24.3 Å². The van der Waals surface area contributed by atoms with Gasteiger partial charge in [0.15, 0.2) is 6.61 Å². The third-order valence-corrected chi connectivity index (χ3v) is 5.01. The molecule has 1 aliphatic rings. The number of nitrogens with zero attached hydrogens (tertiary/aromatic N) is 1. The summed E-state index contributed by atoms with van der Waals surface area (Å²) in [4.78, 5) is 24.2. The van der Waals surface area contributed by atoms with Crippen LogP contribution in [0.5, 0.6) is 5.75 Å². The largest absolute Gasteiger partial charge is 0.484 e. The van der Waals surface area contributed by atoms with Crippen molar-refractivity contribution >= 4 is 23.2 Å². The molecule has 0 atom stereocenters. The summed E-state index contributed by atoms with van der Waals surface area (Å²) < 4.78 is 5.39. The van der Waals surface area contributed by atoms with E-state index in [4.69, 9.17) is 4.74 Å². The van der Waals surface area contributed by atoms with Crippen molar-refractivity contribution in [2.45, 2.75) is 39.0 Å². The molecular weight excluding hydrogens is 366 g/mol.